The van der Waals surface area contributed by atoms with E-state index in [0.717, 1.165) is 19.6 Å². The van der Waals surface area contributed by atoms with Crippen molar-refractivity contribution in [3.05, 3.63) is 21.9 Å². The summed E-state index contributed by atoms with van der Waals surface area (Å²) in [5.41, 5.74) is 0. The van der Waals surface area contributed by atoms with Gasteiger partial charge in [-0.25, -0.2) is 17.9 Å². The van der Waals surface area contributed by atoms with Crippen LogP contribution in [0.15, 0.2) is 12.1 Å². The van der Waals surface area contributed by atoms with Crippen LogP contribution in [0.4, 0.5) is 13.2 Å². The zero-order valence-electron chi connectivity index (χ0n) is 15.4. The number of carbonyl (C=O) groups is 1. The third kappa shape index (κ3) is 6.99. The van der Waals surface area contributed by atoms with Gasteiger partial charge in [-0.05, 0) is 19.1 Å². The van der Waals surface area contributed by atoms with Crippen LogP contribution in [-0.2, 0) is 26.1 Å². The van der Waals surface area contributed by atoms with Crippen LogP contribution in [0, 0.1) is 18.8 Å². The first-order chi connectivity index (χ1) is 12.8. The molecule has 3 heterocycles. The van der Waals surface area contributed by atoms with E-state index in [-0.39, 0.29) is 6.10 Å². The fourth-order valence-corrected chi connectivity index (χ4v) is 4.72. The van der Waals surface area contributed by atoms with E-state index < -0.39 is 22.2 Å². The first-order valence-corrected chi connectivity index (χ1v) is 11.2. The Hall–Kier alpha value is -1.21. The summed E-state index contributed by atoms with van der Waals surface area (Å²) < 4.78 is 62.7. The summed E-state index contributed by atoms with van der Waals surface area (Å²) in [6, 6.07) is 4.35. The zero-order valence-corrected chi connectivity index (χ0v) is 17.0. The molecule has 2 saturated heterocycles. The summed E-state index contributed by atoms with van der Waals surface area (Å²) in [6.07, 6.45) is -3.61. The predicted octanol–water partition coefficient (Wildman–Crippen LogP) is 1.69. The molecular formula is C16H23F3N2O5S2. The lowest BCUT2D eigenvalue weighted by Gasteiger charge is -2.19. The molecule has 2 aliphatic heterocycles. The highest BCUT2D eigenvalue weighted by Gasteiger charge is 2.43. The van der Waals surface area contributed by atoms with Crippen LogP contribution >= 0.6 is 11.3 Å². The van der Waals surface area contributed by atoms with Gasteiger partial charge in [0, 0.05) is 47.8 Å². The third-order valence-corrected chi connectivity index (χ3v) is 6.22. The summed E-state index contributed by atoms with van der Waals surface area (Å²) in [6.45, 7) is 6.22. The second-order valence-corrected chi connectivity index (χ2v) is 10.1. The molecule has 12 heteroatoms. The number of rotatable bonds is 5. The van der Waals surface area contributed by atoms with Crippen molar-refractivity contribution >= 4 is 27.3 Å². The number of aliphatic carboxylic acids is 1. The van der Waals surface area contributed by atoms with Crippen LogP contribution in [0.5, 0.6) is 0 Å². The minimum absolute atomic E-state index is 0.261. The number of likely N-dealkylation sites (tertiary alicyclic amines) is 1. The topological polar surface area (TPSA) is 95.9 Å². The Bertz CT molecular complexity index is 781. The Kier molecular flexibility index (Phi) is 7.48. The molecule has 0 saturated carbocycles. The van der Waals surface area contributed by atoms with Gasteiger partial charge in [0.1, 0.15) is 0 Å². The Labute approximate surface area is 165 Å². The fourth-order valence-electron chi connectivity index (χ4n) is 3.27. The van der Waals surface area contributed by atoms with E-state index in [1.165, 1.54) is 16.0 Å². The Balaban J connectivity index is 0.000000345. The maximum atomic E-state index is 11.2. The summed E-state index contributed by atoms with van der Waals surface area (Å²) in [5, 5.41) is 7.12. The number of aryl methyl sites for hydroxylation is 1. The number of carboxylic acid groups (broad SMARTS) is 1. The van der Waals surface area contributed by atoms with Crippen LogP contribution in [0.1, 0.15) is 9.75 Å². The molecule has 1 aromatic rings. The molecule has 0 unspecified atom stereocenters. The minimum Gasteiger partial charge on any atom is -0.475 e. The van der Waals surface area contributed by atoms with Gasteiger partial charge in [0.25, 0.3) is 0 Å². The maximum Gasteiger partial charge on any atom is 0.490 e. The largest absolute Gasteiger partial charge is 0.490 e. The van der Waals surface area contributed by atoms with Crippen molar-refractivity contribution in [2.24, 2.45) is 11.8 Å². The average Bonchev–Trinajstić information content (AvgIpc) is 3.21. The van der Waals surface area contributed by atoms with Crippen molar-refractivity contribution in [3.63, 3.8) is 0 Å². The molecule has 0 bridgehead atoms. The van der Waals surface area contributed by atoms with E-state index >= 15 is 0 Å². The van der Waals surface area contributed by atoms with Crippen LogP contribution in [0.2, 0.25) is 0 Å². The van der Waals surface area contributed by atoms with Crippen LogP contribution < -0.4 is 4.72 Å². The van der Waals surface area contributed by atoms with Gasteiger partial charge in [-0.3, -0.25) is 4.90 Å². The van der Waals surface area contributed by atoms with Gasteiger partial charge >= 0.3 is 12.1 Å². The molecule has 3 rings (SSSR count). The highest BCUT2D eigenvalue weighted by Crippen LogP contribution is 2.34. The molecule has 160 valence electrons. The SMILES string of the molecule is Cc1ccc(CN2C[C@@H]3[C@H](CNS(C)(=O)=O)CO[C@@H]3C2)s1.O=C(O)C(F)(F)F. The molecule has 0 amide bonds. The molecule has 1 aromatic heterocycles. The van der Waals surface area contributed by atoms with Crippen LogP contribution in [0.3, 0.4) is 0 Å². The lowest BCUT2D eigenvalue weighted by atomic mass is 9.93. The van der Waals surface area contributed by atoms with Crippen molar-refractivity contribution in [2.75, 3.05) is 32.5 Å². The summed E-state index contributed by atoms with van der Waals surface area (Å²) in [5.74, 6) is -2.02. The van der Waals surface area contributed by atoms with Crippen molar-refractivity contribution in [1.29, 1.82) is 0 Å². The number of halogens is 3. The van der Waals surface area contributed by atoms with Gasteiger partial charge in [-0.15, -0.1) is 11.3 Å². The molecule has 0 aliphatic carbocycles. The first-order valence-electron chi connectivity index (χ1n) is 8.49. The van der Waals surface area contributed by atoms with Crippen molar-refractivity contribution in [1.82, 2.24) is 9.62 Å². The standard InChI is InChI=1S/C14H22N2O3S2.C2HF3O2/c1-10-3-4-12(20-10)6-16-7-13-11(5-15-21(2,17)18)9-19-14(13)8-16;3-2(4,5)1(6)7/h3-4,11,13-15H,5-9H2,1-2H3;(H,6,7)/t11-,13-,14-;/m1./s1. The summed E-state index contributed by atoms with van der Waals surface area (Å²) in [4.78, 5) is 14.1. The molecule has 28 heavy (non-hydrogen) atoms. The molecule has 3 atom stereocenters. The number of thiophene rings is 1. The molecule has 7 nitrogen and oxygen atoms in total. The number of alkyl halides is 3. The molecular weight excluding hydrogens is 421 g/mol. The summed E-state index contributed by atoms with van der Waals surface area (Å²) in [7, 11) is -3.12. The fraction of sp³-hybridized carbons (Fsp3) is 0.688. The average molecular weight is 444 g/mol. The predicted molar refractivity (Wildman–Crippen MR) is 97.6 cm³/mol. The molecule has 2 aliphatic rings. The minimum atomic E-state index is -5.08. The van der Waals surface area contributed by atoms with E-state index in [1.54, 1.807) is 0 Å². The number of nitrogens with one attached hydrogen (secondary N) is 1. The number of nitrogens with zero attached hydrogens (tertiary/aromatic N) is 1. The number of hydrogen-bond acceptors (Lipinski definition) is 6. The second kappa shape index (κ2) is 9.08. The van der Waals surface area contributed by atoms with Gasteiger partial charge in [0.2, 0.25) is 10.0 Å². The number of carboxylic acids is 1. The van der Waals surface area contributed by atoms with Gasteiger partial charge in [-0.2, -0.15) is 13.2 Å². The highest BCUT2D eigenvalue weighted by molar-refractivity contribution is 7.88. The van der Waals surface area contributed by atoms with E-state index in [1.807, 2.05) is 11.3 Å². The van der Waals surface area contributed by atoms with Crippen molar-refractivity contribution in [3.8, 4) is 0 Å². The normalized spacial score (nSPS) is 25.2. The van der Waals surface area contributed by atoms with Gasteiger partial charge in [-0.1, -0.05) is 0 Å². The number of ether oxygens (including phenoxy) is 1. The van der Waals surface area contributed by atoms with Gasteiger partial charge < -0.3 is 9.84 Å². The van der Waals surface area contributed by atoms with E-state index in [2.05, 4.69) is 28.7 Å². The molecule has 2 N–H and O–H groups in total. The molecule has 0 aromatic carbocycles. The third-order valence-electron chi connectivity index (χ3n) is 4.54. The first kappa shape index (κ1) is 23.1. The lowest BCUT2D eigenvalue weighted by molar-refractivity contribution is -0.192. The second-order valence-electron chi connectivity index (χ2n) is 6.93. The number of sulfonamides is 1. The molecule has 0 radical (unpaired) electrons. The lowest BCUT2D eigenvalue weighted by Crippen LogP contribution is -2.33. The Morgan fingerprint density at radius 3 is 2.54 bits per heavy atom. The number of hydrogen-bond donors (Lipinski definition) is 2. The zero-order chi connectivity index (χ0) is 21.1. The quantitative estimate of drug-likeness (QED) is 0.718. The summed E-state index contributed by atoms with van der Waals surface area (Å²) >= 11 is 1.84. The highest BCUT2D eigenvalue weighted by atomic mass is 32.2. The molecule has 0 spiro atoms. The Morgan fingerprint density at radius 1 is 1.39 bits per heavy atom. The number of fused-ring (bicyclic) bond motifs is 1. The van der Waals surface area contributed by atoms with Crippen LogP contribution in [0.25, 0.3) is 0 Å². The van der Waals surface area contributed by atoms with Gasteiger partial charge in [0.05, 0.1) is 19.0 Å². The van der Waals surface area contributed by atoms with E-state index in [4.69, 9.17) is 14.6 Å². The monoisotopic (exact) mass is 444 g/mol. The van der Waals surface area contributed by atoms with Gasteiger partial charge in [0.15, 0.2) is 0 Å². The van der Waals surface area contributed by atoms with E-state index in [9.17, 15) is 21.6 Å². The smallest absolute Gasteiger partial charge is 0.475 e. The molecule has 2 fully saturated rings. The maximum absolute atomic E-state index is 11.2. The Morgan fingerprint density at radius 2 is 2.04 bits per heavy atom. The van der Waals surface area contributed by atoms with Crippen molar-refractivity contribution < 1.29 is 36.2 Å². The van der Waals surface area contributed by atoms with Crippen LogP contribution in [-0.4, -0.2) is 69.2 Å². The van der Waals surface area contributed by atoms with E-state index in [0.29, 0.717) is 25.0 Å². The van der Waals surface area contributed by atoms with Crippen molar-refractivity contribution in [2.45, 2.75) is 25.7 Å².